The molecule has 16 heavy (non-hydrogen) atoms. The van der Waals surface area contributed by atoms with Gasteiger partial charge >= 0.3 is 11.9 Å². The first-order chi connectivity index (χ1) is 7.10. The zero-order valence-corrected chi connectivity index (χ0v) is 9.25. The molecule has 4 nitrogen and oxygen atoms in total. The largest absolute Gasteiger partial charge is 0.544 e. The van der Waals surface area contributed by atoms with E-state index in [0.29, 0.717) is 0 Å². The quantitative estimate of drug-likeness (QED) is 0.514. The number of rotatable bonds is 5. The van der Waals surface area contributed by atoms with Gasteiger partial charge in [0, 0.05) is 5.57 Å². The summed E-state index contributed by atoms with van der Waals surface area (Å²) >= 11 is 0. The van der Waals surface area contributed by atoms with E-state index >= 15 is 0 Å². The zero-order chi connectivity index (χ0) is 13.1. The molecule has 0 aliphatic rings. The first-order valence-corrected chi connectivity index (χ1v) is 4.56. The predicted molar refractivity (Wildman–Crippen MR) is 49.5 cm³/mol. The minimum Gasteiger partial charge on any atom is -0.544 e. The molecular weight excluding hydrogens is 222 g/mol. The standard InChI is InChI=1S/C10H14F2O4/c1-5(2)7(10(11,12)9(14)15)16-8(13)6(3)4/h5,7H,3H2,1-2,4H3,(H,14,15)/p-1. The minimum absolute atomic E-state index is 0.0835. The van der Waals surface area contributed by atoms with Gasteiger partial charge in [-0.1, -0.05) is 20.4 Å². The molecule has 0 heterocycles. The number of carbonyl (C=O) groups excluding carboxylic acids is 2. The smallest absolute Gasteiger partial charge is 0.333 e. The molecule has 0 aliphatic carbocycles. The van der Waals surface area contributed by atoms with Crippen LogP contribution in [0, 0.1) is 5.92 Å². The van der Waals surface area contributed by atoms with Crippen LogP contribution >= 0.6 is 0 Å². The third-order valence-electron chi connectivity index (χ3n) is 1.82. The molecule has 0 aromatic heterocycles. The lowest BCUT2D eigenvalue weighted by Gasteiger charge is -2.30. The maximum absolute atomic E-state index is 13.1. The molecule has 0 aromatic rings. The molecule has 92 valence electrons. The van der Waals surface area contributed by atoms with Crippen molar-refractivity contribution in [2.45, 2.75) is 32.8 Å². The fraction of sp³-hybridized carbons (Fsp3) is 0.600. The molecule has 0 radical (unpaired) electrons. The highest BCUT2D eigenvalue weighted by Gasteiger charge is 2.46. The molecule has 6 heteroatoms. The van der Waals surface area contributed by atoms with Gasteiger partial charge in [0.1, 0.15) is 5.97 Å². The van der Waals surface area contributed by atoms with E-state index in [-0.39, 0.29) is 5.57 Å². The van der Waals surface area contributed by atoms with E-state index < -0.39 is 29.9 Å². The monoisotopic (exact) mass is 235 g/mol. The van der Waals surface area contributed by atoms with Crippen LogP contribution in [0.4, 0.5) is 8.78 Å². The number of carboxylic acid groups (broad SMARTS) is 1. The SMILES string of the molecule is C=C(C)C(=O)OC(C(C)C)C(F)(F)C(=O)[O-]. The number of carbonyl (C=O) groups is 2. The Kier molecular flexibility index (Phi) is 4.59. The van der Waals surface area contributed by atoms with Gasteiger partial charge in [0.25, 0.3) is 0 Å². The second-order valence-electron chi connectivity index (χ2n) is 3.76. The number of hydrogen-bond donors (Lipinski definition) is 0. The van der Waals surface area contributed by atoms with Crippen molar-refractivity contribution in [2.75, 3.05) is 0 Å². The van der Waals surface area contributed by atoms with Crippen molar-refractivity contribution < 1.29 is 28.2 Å². The van der Waals surface area contributed by atoms with Crippen molar-refractivity contribution in [3.8, 4) is 0 Å². The first kappa shape index (κ1) is 14.5. The van der Waals surface area contributed by atoms with E-state index in [2.05, 4.69) is 11.3 Å². The average molecular weight is 235 g/mol. The summed E-state index contributed by atoms with van der Waals surface area (Å²) in [7, 11) is 0. The van der Waals surface area contributed by atoms with Gasteiger partial charge in [0.15, 0.2) is 6.10 Å². The highest BCUT2D eigenvalue weighted by Crippen LogP contribution is 2.27. The molecule has 1 unspecified atom stereocenters. The van der Waals surface area contributed by atoms with Gasteiger partial charge in [-0.3, -0.25) is 0 Å². The maximum atomic E-state index is 13.1. The van der Waals surface area contributed by atoms with Crippen LogP contribution in [0.5, 0.6) is 0 Å². The molecule has 0 spiro atoms. The molecule has 0 aliphatic heterocycles. The topological polar surface area (TPSA) is 66.4 Å². The number of aliphatic carboxylic acids is 1. The van der Waals surface area contributed by atoms with Crippen LogP contribution in [0.1, 0.15) is 20.8 Å². The number of halogens is 2. The normalized spacial score (nSPS) is 13.4. The van der Waals surface area contributed by atoms with Gasteiger partial charge in [-0.05, 0) is 12.8 Å². The van der Waals surface area contributed by atoms with E-state index in [4.69, 9.17) is 0 Å². The Labute approximate surface area is 91.9 Å². The Morgan fingerprint density at radius 3 is 2.06 bits per heavy atom. The highest BCUT2D eigenvalue weighted by molar-refractivity contribution is 5.87. The average Bonchev–Trinajstić information content (AvgIpc) is 2.12. The Hall–Kier alpha value is -1.46. The summed E-state index contributed by atoms with van der Waals surface area (Å²) in [6.07, 6.45) is -2.07. The first-order valence-electron chi connectivity index (χ1n) is 4.56. The molecule has 0 rings (SSSR count). The van der Waals surface area contributed by atoms with E-state index in [0.717, 1.165) is 0 Å². The number of esters is 1. The maximum Gasteiger partial charge on any atom is 0.333 e. The van der Waals surface area contributed by atoms with Gasteiger partial charge in [0.05, 0.1) is 0 Å². The number of carboxylic acids is 1. The summed E-state index contributed by atoms with van der Waals surface area (Å²) < 4.78 is 30.6. The summed E-state index contributed by atoms with van der Waals surface area (Å²) in [5, 5.41) is 10.2. The molecule has 0 saturated carbocycles. The van der Waals surface area contributed by atoms with Crippen LogP contribution in [-0.4, -0.2) is 24.0 Å². The van der Waals surface area contributed by atoms with E-state index in [9.17, 15) is 23.5 Å². The van der Waals surface area contributed by atoms with E-state index in [1.54, 1.807) is 0 Å². The second kappa shape index (κ2) is 5.05. The van der Waals surface area contributed by atoms with Crippen LogP contribution in [0.15, 0.2) is 12.2 Å². The second-order valence-corrected chi connectivity index (χ2v) is 3.76. The van der Waals surface area contributed by atoms with E-state index in [1.807, 2.05) is 0 Å². The van der Waals surface area contributed by atoms with Gasteiger partial charge in [-0.25, -0.2) is 4.79 Å². The van der Waals surface area contributed by atoms with Crippen molar-refractivity contribution in [3.63, 3.8) is 0 Å². The van der Waals surface area contributed by atoms with Crippen LogP contribution in [0.25, 0.3) is 0 Å². The van der Waals surface area contributed by atoms with Crippen molar-refractivity contribution in [1.29, 1.82) is 0 Å². The zero-order valence-electron chi connectivity index (χ0n) is 9.25. The van der Waals surface area contributed by atoms with Crippen molar-refractivity contribution >= 4 is 11.9 Å². The van der Waals surface area contributed by atoms with Crippen LogP contribution in [-0.2, 0) is 14.3 Å². The Bertz CT molecular complexity index is 310. The summed E-state index contributed by atoms with van der Waals surface area (Å²) in [4.78, 5) is 21.3. The number of hydrogen-bond acceptors (Lipinski definition) is 4. The molecule has 0 bridgehead atoms. The van der Waals surface area contributed by atoms with Gasteiger partial charge in [-0.15, -0.1) is 0 Å². The van der Waals surface area contributed by atoms with Crippen molar-refractivity contribution in [3.05, 3.63) is 12.2 Å². The molecule has 0 saturated heterocycles. The Morgan fingerprint density at radius 1 is 1.38 bits per heavy atom. The van der Waals surface area contributed by atoms with Crippen LogP contribution < -0.4 is 5.11 Å². The lowest BCUT2D eigenvalue weighted by Crippen LogP contribution is -2.53. The van der Waals surface area contributed by atoms with Crippen LogP contribution in [0.2, 0.25) is 0 Å². The Morgan fingerprint density at radius 2 is 1.81 bits per heavy atom. The van der Waals surface area contributed by atoms with Crippen LogP contribution in [0.3, 0.4) is 0 Å². The van der Waals surface area contributed by atoms with Crippen molar-refractivity contribution in [2.24, 2.45) is 5.92 Å². The highest BCUT2D eigenvalue weighted by atomic mass is 19.3. The number of ether oxygens (including phenoxy) is 1. The van der Waals surface area contributed by atoms with Gasteiger partial charge < -0.3 is 14.6 Å². The third-order valence-corrected chi connectivity index (χ3v) is 1.82. The number of alkyl halides is 2. The molecule has 0 amide bonds. The molecule has 1 atom stereocenters. The fourth-order valence-corrected chi connectivity index (χ4v) is 0.961. The summed E-state index contributed by atoms with van der Waals surface area (Å²) in [6, 6.07) is 0. The Balaban J connectivity index is 4.97. The van der Waals surface area contributed by atoms with Gasteiger partial charge in [-0.2, -0.15) is 8.78 Å². The molecule has 0 aromatic carbocycles. The minimum atomic E-state index is -4.22. The lowest BCUT2D eigenvalue weighted by atomic mass is 10.0. The molecule has 0 N–H and O–H groups in total. The van der Waals surface area contributed by atoms with Crippen molar-refractivity contribution in [1.82, 2.24) is 0 Å². The fourth-order valence-electron chi connectivity index (χ4n) is 0.961. The summed E-state index contributed by atoms with van der Waals surface area (Å²) in [6.45, 7) is 7.11. The summed E-state index contributed by atoms with van der Waals surface area (Å²) in [5.41, 5.74) is -0.0835. The molecular formula is C10H13F2O4-. The van der Waals surface area contributed by atoms with Gasteiger partial charge in [0.2, 0.25) is 0 Å². The predicted octanol–water partition coefficient (Wildman–Crippen LogP) is 0.515. The van der Waals surface area contributed by atoms with E-state index in [1.165, 1.54) is 20.8 Å². The molecule has 0 fully saturated rings. The third kappa shape index (κ3) is 3.29. The lowest BCUT2D eigenvalue weighted by molar-refractivity contribution is -0.337. The summed E-state index contributed by atoms with van der Waals surface area (Å²) in [5.74, 6) is -8.71.